The van der Waals surface area contributed by atoms with Crippen LogP contribution in [0.4, 0.5) is 0 Å². The van der Waals surface area contributed by atoms with Crippen LogP contribution in [0.5, 0.6) is 0 Å². The lowest BCUT2D eigenvalue weighted by Crippen LogP contribution is -2.32. The summed E-state index contributed by atoms with van der Waals surface area (Å²) in [4.78, 5) is 8.80. The highest BCUT2D eigenvalue weighted by molar-refractivity contribution is 14.0. The molecule has 4 nitrogen and oxygen atoms in total. The lowest BCUT2D eigenvalue weighted by Gasteiger charge is -2.05. The van der Waals surface area contributed by atoms with Gasteiger partial charge >= 0.3 is 0 Å². The predicted octanol–water partition coefficient (Wildman–Crippen LogP) is 4.27. The first-order chi connectivity index (χ1) is 10.2. The Morgan fingerprint density at radius 3 is 2.64 bits per heavy atom. The van der Waals surface area contributed by atoms with Crippen LogP contribution in [0.2, 0.25) is 0 Å². The molecule has 1 rings (SSSR count). The van der Waals surface area contributed by atoms with Crippen molar-refractivity contribution in [3.05, 3.63) is 16.1 Å². The molecule has 0 unspecified atom stereocenters. The minimum atomic E-state index is 0. The standard InChI is InChI=1S/C16H30N4S.HI/c1-3-4-5-6-7-8-11-18-16(17)19-12-9-10-15-20-14(2)13-21-15;/h13H,3-12H2,1-2H3,(H3,17,18,19);1H. The lowest BCUT2D eigenvalue weighted by atomic mass is 10.1. The normalized spacial score (nSPS) is 11.3. The summed E-state index contributed by atoms with van der Waals surface area (Å²) in [6.45, 7) is 5.98. The second-order valence-corrected chi connectivity index (χ2v) is 6.39. The molecule has 0 aliphatic heterocycles. The SMILES string of the molecule is CCCCCCCCNC(N)=NCCCc1nc(C)cs1.I. The Balaban J connectivity index is 0.00000441. The first-order valence-corrected chi connectivity index (χ1v) is 9.05. The van der Waals surface area contributed by atoms with Crippen LogP contribution in [-0.4, -0.2) is 24.0 Å². The Hall–Kier alpha value is -0.370. The van der Waals surface area contributed by atoms with Crippen LogP contribution in [0.1, 0.15) is 62.6 Å². The summed E-state index contributed by atoms with van der Waals surface area (Å²) < 4.78 is 0. The first-order valence-electron chi connectivity index (χ1n) is 8.17. The molecule has 0 aliphatic carbocycles. The first kappa shape index (κ1) is 21.6. The third-order valence-corrected chi connectivity index (χ3v) is 4.36. The number of rotatable bonds is 11. The number of aliphatic imine (C=N–C) groups is 1. The van der Waals surface area contributed by atoms with Crippen molar-refractivity contribution >= 4 is 41.3 Å². The van der Waals surface area contributed by atoms with Crippen LogP contribution in [-0.2, 0) is 6.42 Å². The third-order valence-electron chi connectivity index (χ3n) is 3.33. The highest BCUT2D eigenvalue weighted by Crippen LogP contribution is 2.10. The Labute approximate surface area is 156 Å². The van der Waals surface area contributed by atoms with E-state index < -0.39 is 0 Å². The van der Waals surface area contributed by atoms with Crippen LogP contribution in [0.15, 0.2) is 10.4 Å². The number of hydrogen-bond donors (Lipinski definition) is 2. The van der Waals surface area contributed by atoms with Crippen LogP contribution >= 0.6 is 35.3 Å². The number of thiazole rings is 1. The topological polar surface area (TPSA) is 63.3 Å². The summed E-state index contributed by atoms with van der Waals surface area (Å²) in [7, 11) is 0. The van der Waals surface area contributed by atoms with E-state index >= 15 is 0 Å². The quantitative estimate of drug-likeness (QED) is 0.235. The Kier molecular flexibility index (Phi) is 14.0. The molecule has 0 fully saturated rings. The summed E-state index contributed by atoms with van der Waals surface area (Å²) >= 11 is 1.73. The fourth-order valence-electron chi connectivity index (χ4n) is 2.13. The third kappa shape index (κ3) is 11.2. The van der Waals surface area contributed by atoms with E-state index in [2.05, 4.69) is 27.6 Å². The molecule has 6 heteroatoms. The van der Waals surface area contributed by atoms with E-state index in [4.69, 9.17) is 5.73 Å². The van der Waals surface area contributed by atoms with Crippen LogP contribution in [0.25, 0.3) is 0 Å². The Morgan fingerprint density at radius 1 is 1.23 bits per heavy atom. The molecule has 1 heterocycles. The van der Waals surface area contributed by atoms with Gasteiger partial charge in [0, 0.05) is 30.6 Å². The Morgan fingerprint density at radius 2 is 1.95 bits per heavy atom. The predicted molar refractivity (Wildman–Crippen MR) is 108 cm³/mol. The van der Waals surface area contributed by atoms with E-state index in [0.29, 0.717) is 5.96 Å². The van der Waals surface area contributed by atoms with E-state index in [9.17, 15) is 0 Å². The van der Waals surface area contributed by atoms with Crippen molar-refractivity contribution in [2.24, 2.45) is 10.7 Å². The zero-order chi connectivity index (χ0) is 15.3. The number of halogens is 1. The van der Waals surface area contributed by atoms with Gasteiger partial charge in [-0.25, -0.2) is 4.98 Å². The highest BCUT2D eigenvalue weighted by Gasteiger charge is 1.98. The molecule has 0 spiro atoms. The Bertz CT molecular complexity index is 407. The molecule has 0 aromatic carbocycles. The van der Waals surface area contributed by atoms with Gasteiger partial charge < -0.3 is 11.1 Å². The van der Waals surface area contributed by atoms with Gasteiger partial charge in [0.2, 0.25) is 0 Å². The molecule has 128 valence electrons. The smallest absolute Gasteiger partial charge is 0.188 e. The summed E-state index contributed by atoms with van der Waals surface area (Å²) in [6, 6.07) is 0. The van der Waals surface area contributed by atoms with Crippen LogP contribution in [0, 0.1) is 6.92 Å². The lowest BCUT2D eigenvalue weighted by molar-refractivity contribution is 0.601. The fourth-order valence-corrected chi connectivity index (χ4v) is 2.94. The number of aryl methyl sites for hydroxylation is 2. The molecule has 0 atom stereocenters. The van der Waals surface area contributed by atoms with Gasteiger partial charge in [0.15, 0.2) is 5.96 Å². The molecule has 0 radical (unpaired) electrons. The number of nitrogens with one attached hydrogen (secondary N) is 1. The second-order valence-electron chi connectivity index (χ2n) is 5.45. The molecule has 0 amide bonds. The number of nitrogens with zero attached hydrogens (tertiary/aromatic N) is 2. The van der Waals surface area contributed by atoms with Crippen molar-refractivity contribution in [1.29, 1.82) is 0 Å². The molecular weight excluding hydrogens is 407 g/mol. The van der Waals surface area contributed by atoms with Gasteiger partial charge in [-0.15, -0.1) is 35.3 Å². The maximum atomic E-state index is 5.85. The number of nitrogens with two attached hydrogens (primary N) is 1. The van der Waals surface area contributed by atoms with Gasteiger partial charge in [0.25, 0.3) is 0 Å². The van der Waals surface area contributed by atoms with E-state index in [1.165, 1.54) is 43.5 Å². The molecule has 0 saturated heterocycles. The zero-order valence-corrected chi connectivity index (χ0v) is 17.1. The molecule has 1 aromatic heterocycles. The van der Waals surface area contributed by atoms with E-state index in [1.54, 1.807) is 11.3 Å². The minimum Gasteiger partial charge on any atom is -0.370 e. The molecule has 3 N–H and O–H groups in total. The summed E-state index contributed by atoms with van der Waals surface area (Å²) in [6.07, 6.45) is 9.81. The highest BCUT2D eigenvalue weighted by atomic mass is 127. The van der Waals surface area contributed by atoms with Crippen molar-refractivity contribution in [2.75, 3.05) is 13.1 Å². The van der Waals surface area contributed by atoms with Crippen molar-refractivity contribution in [1.82, 2.24) is 10.3 Å². The minimum absolute atomic E-state index is 0. The number of guanidine groups is 1. The van der Waals surface area contributed by atoms with Gasteiger partial charge in [-0.3, -0.25) is 4.99 Å². The zero-order valence-electron chi connectivity index (χ0n) is 13.9. The van der Waals surface area contributed by atoms with E-state index in [1.807, 2.05) is 6.92 Å². The molecule has 0 bridgehead atoms. The maximum Gasteiger partial charge on any atom is 0.188 e. The van der Waals surface area contributed by atoms with Crippen molar-refractivity contribution in [2.45, 2.75) is 65.2 Å². The van der Waals surface area contributed by atoms with Gasteiger partial charge in [0.05, 0.1) is 5.01 Å². The molecule has 0 saturated carbocycles. The summed E-state index contributed by atoms with van der Waals surface area (Å²) in [5.41, 5.74) is 6.96. The van der Waals surface area contributed by atoms with E-state index in [-0.39, 0.29) is 24.0 Å². The number of unbranched alkanes of at least 4 members (excludes halogenated alkanes) is 5. The summed E-state index contributed by atoms with van der Waals surface area (Å²) in [5.74, 6) is 0.582. The summed E-state index contributed by atoms with van der Waals surface area (Å²) in [5, 5.41) is 6.48. The van der Waals surface area contributed by atoms with Crippen LogP contribution in [0.3, 0.4) is 0 Å². The average Bonchev–Trinajstić information content (AvgIpc) is 2.88. The second kappa shape index (κ2) is 14.2. The van der Waals surface area contributed by atoms with Gasteiger partial charge in [-0.1, -0.05) is 39.0 Å². The molecule has 1 aromatic rings. The average molecular weight is 438 g/mol. The van der Waals surface area contributed by atoms with Gasteiger partial charge in [-0.2, -0.15) is 0 Å². The maximum absolute atomic E-state index is 5.85. The largest absolute Gasteiger partial charge is 0.370 e. The van der Waals surface area contributed by atoms with E-state index in [0.717, 1.165) is 31.6 Å². The number of hydrogen-bond acceptors (Lipinski definition) is 3. The monoisotopic (exact) mass is 438 g/mol. The fraction of sp³-hybridized carbons (Fsp3) is 0.750. The molecular formula is C16H31IN4S. The van der Waals surface area contributed by atoms with Crippen LogP contribution < -0.4 is 11.1 Å². The molecule has 0 aliphatic rings. The number of aromatic nitrogens is 1. The molecule has 22 heavy (non-hydrogen) atoms. The van der Waals surface area contributed by atoms with Crippen molar-refractivity contribution in [3.8, 4) is 0 Å². The van der Waals surface area contributed by atoms with Gasteiger partial charge in [0.1, 0.15) is 0 Å². The van der Waals surface area contributed by atoms with Crippen molar-refractivity contribution < 1.29 is 0 Å². The van der Waals surface area contributed by atoms with Crippen molar-refractivity contribution in [3.63, 3.8) is 0 Å². The van der Waals surface area contributed by atoms with Gasteiger partial charge in [-0.05, 0) is 19.8 Å².